The standard InChI is InChI=1S/C4H4O4.H2O3/c5-3(6)1-2-4(7)8;1-3-2/h1-2H,(H,5,6)(H,7,8);1-2H/b2-1+;. The first kappa shape index (κ1) is 12.3. The molecule has 0 aliphatic heterocycles. The smallest absolute Gasteiger partial charge is 0.328 e. The number of carbonyl (C=O) groups is 2. The van der Waals surface area contributed by atoms with Gasteiger partial charge >= 0.3 is 11.9 Å². The quantitative estimate of drug-likeness (QED) is 0.251. The van der Waals surface area contributed by atoms with Crippen LogP contribution in [0.25, 0.3) is 0 Å². The van der Waals surface area contributed by atoms with Crippen molar-refractivity contribution < 1.29 is 35.4 Å². The predicted molar refractivity (Wildman–Crippen MR) is 30.8 cm³/mol. The van der Waals surface area contributed by atoms with Gasteiger partial charge < -0.3 is 10.2 Å². The largest absolute Gasteiger partial charge is 0.478 e. The Labute approximate surface area is 60.6 Å². The fourth-order valence-corrected chi connectivity index (χ4v) is 0.143. The highest BCUT2D eigenvalue weighted by atomic mass is 17.4. The molecule has 0 saturated heterocycles. The van der Waals surface area contributed by atoms with E-state index in [0.717, 1.165) is 0 Å². The zero-order chi connectivity index (χ0) is 9.28. The van der Waals surface area contributed by atoms with E-state index in [-0.39, 0.29) is 0 Å². The van der Waals surface area contributed by atoms with Gasteiger partial charge in [-0.3, -0.25) is 0 Å². The van der Waals surface area contributed by atoms with E-state index in [2.05, 4.69) is 5.04 Å². The van der Waals surface area contributed by atoms with E-state index >= 15 is 0 Å². The molecule has 0 spiro atoms. The number of carboxylic acid groups (broad SMARTS) is 2. The van der Waals surface area contributed by atoms with Crippen LogP contribution in [0.15, 0.2) is 12.2 Å². The Morgan fingerprint density at radius 2 is 1.18 bits per heavy atom. The van der Waals surface area contributed by atoms with E-state index in [9.17, 15) is 9.59 Å². The van der Waals surface area contributed by atoms with Crippen LogP contribution in [0, 0.1) is 0 Å². The minimum atomic E-state index is -1.26. The Morgan fingerprint density at radius 1 is 1.00 bits per heavy atom. The number of carboxylic acids is 2. The van der Waals surface area contributed by atoms with Crippen LogP contribution in [0.4, 0.5) is 0 Å². The molecule has 0 aromatic carbocycles. The third kappa shape index (κ3) is 29.1. The van der Waals surface area contributed by atoms with Crippen LogP contribution in [0.2, 0.25) is 0 Å². The molecule has 0 fully saturated rings. The summed E-state index contributed by atoms with van der Waals surface area (Å²) in [7, 11) is 0. The van der Waals surface area contributed by atoms with Crippen molar-refractivity contribution in [2.45, 2.75) is 0 Å². The second-order valence-electron chi connectivity index (χ2n) is 1.09. The molecule has 7 heteroatoms. The van der Waals surface area contributed by atoms with Gasteiger partial charge in [0.1, 0.15) is 0 Å². The molecule has 0 bridgehead atoms. The first-order valence-electron chi connectivity index (χ1n) is 2.13. The van der Waals surface area contributed by atoms with Gasteiger partial charge in [0.05, 0.1) is 0 Å². The molecular weight excluding hydrogens is 160 g/mol. The molecule has 7 nitrogen and oxygen atoms in total. The average Bonchev–Trinajstić information content (AvgIpc) is 1.85. The minimum Gasteiger partial charge on any atom is -0.478 e. The molecular formula is C4H6O7. The first-order chi connectivity index (χ1) is 5.04. The van der Waals surface area contributed by atoms with Crippen LogP contribution in [-0.4, -0.2) is 32.7 Å². The molecule has 0 heterocycles. The molecule has 0 unspecified atom stereocenters. The highest BCUT2D eigenvalue weighted by Crippen LogP contribution is 1.70. The van der Waals surface area contributed by atoms with E-state index in [1.807, 2.05) is 0 Å². The molecule has 0 aliphatic rings. The Balaban J connectivity index is 0. The lowest BCUT2D eigenvalue weighted by Crippen LogP contribution is -1.91. The summed E-state index contributed by atoms with van der Waals surface area (Å²) in [4.78, 5) is 19.1. The molecule has 11 heavy (non-hydrogen) atoms. The van der Waals surface area contributed by atoms with Gasteiger partial charge in [0, 0.05) is 12.2 Å². The van der Waals surface area contributed by atoms with Crippen molar-refractivity contribution in [3.05, 3.63) is 12.2 Å². The van der Waals surface area contributed by atoms with Gasteiger partial charge in [-0.25, -0.2) is 20.1 Å². The van der Waals surface area contributed by atoms with E-state index in [4.69, 9.17) is 20.7 Å². The van der Waals surface area contributed by atoms with Crippen molar-refractivity contribution >= 4 is 11.9 Å². The molecule has 0 aliphatic carbocycles. The Hall–Kier alpha value is -1.44. The molecule has 4 N–H and O–H groups in total. The van der Waals surface area contributed by atoms with Crippen LogP contribution < -0.4 is 0 Å². The van der Waals surface area contributed by atoms with Gasteiger partial charge in [-0.05, 0) is 0 Å². The summed E-state index contributed by atoms with van der Waals surface area (Å²) in [5.74, 6) is -2.51. The van der Waals surface area contributed by atoms with Crippen LogP contribution >= 0.6 is 0 Å². The van der Waals surface area contributed by atoms with Gasteiger partial charge in [0.2, 0.25) is 0 Å². The molecule has 0 rings (SSSR count). The van der Waals surface area contributed by atoms with Crippen molar-refractivity contribution in [2.24, 2.45) is 0 Å². The average molecular weight is 166 g/mol. The monoisotopic (exact) mass is 166 g/mol. The van der Waals surface area contributed by atoms with Crippen molar-refractivity contribution in [1.29, 1.82) is 0 Å². The van der Waals surface area contributed by atoms with Crippen LogP contribution in [0.5, 0.6) is 0 Å². The third-order valence-corrected chi connectivity index (χ3v) is 0.368. The van der Waals surface area contributed by atoms with Crippen LogP contribution in [0.3, 0.4) is 0 Å². The molecule has 0 aromatic heterocycles. The van der Waals surface area contributed by atoms with E-state index in [1.54, 1.807) is 0 Å². The maximum Gasteiger partial charge on any atom is 0.328 e. The van der Waals surface area contributed by atoms with Crippen molar-refractivity contribution in [3.63, 3.8) is 0 Å². The molecule has 0 radical (unpaired) electrons. The van der Waals surface area contributed by atoms with Crippen molar-refractivity contribution in [1.82, 2.24) is 0 Å². The number of aliphatic carboxylic acids is 2. The lowest BCUT2D eigenvalue weighted by atomic mass is 10.5. The third-order valence-electron chi connectivity index (χ3n) is 0.368. The van der Waals surface area contributed by atoms with Crippen LogP contribution in [0.1, 0.15) is 0 Å². The summed E-state index contributed by atoms with van der Waals surface area (Å²) >= 11 is 0. The topological polar surface area (TPSA) is 124 Å². The van der Waals surface area contributed by atoms with Crippen molar-refractivity contribution in [3.8, 4) is 0 Å². The normalized spacial score (nSPS) is 8.55. The fraction of sp³-hybridized carbons (Fsp3) is 0. The summed E-state index contributed by atoms with van der Waals surface area (Å²) in [6.45, 7) is 0. The summed E-state index contributed by atoms with van der Waals surface area (Å²) in [5, 5.41) is 31.1. The van der Waals surface area contributed by atoms with Gasteiger partial charge in [-0.15, -0.1) is 0 Å². The lowest BCUT2D eigenvalue weighted by Gasteiger charge is -1.74. The van der Waals surface area contributed by atoms with E-state index in [1.165, 1.54) is 0 Å². The highest BCUT2D eigenvalue weighted by Gasteiger charge is 1.88. The van der Waals surface area contributed by atoms with Crippen LogP contribution in [-0.2, 0) is 14.6 Å². The zero-order valence-electron chi connectivity index (χ0n) is 5.17. The van der Waals surface area contributed by atoms with E-state index < -0.39 is 11.9 Å². The number of hydrogen-bond donors (Lipinski definition) is 4. The Kier molecular flexibility index (Phi) is 9.54. The second kappa shape index (κ2) is 8.56. The van der Waals surface area contributed by atoms with E-state index in [0.29, 0.717) is 12.2 Å². The highest BCUT2D eigenvalue weighted by molar-refractivity contribution is 5.89. The minimum absolute atomic E-state index is 0.558. The van der Waals surface area contributed by atoms with Gasteiger partial charge in [0.15, 0.2) is 0 Å². The number of rotatable bonds is 2. The SMILES string of the molecule is O=C(O)/C=C/C(=O)O.OOO. The predicted octanol–water partition coefficient (Wildman–Crippen LogP) is -0.339. The summed E-state index contributed by atoms with van der Waals surface area (Å²) in [6, 6.07) is 0. The van der Waals surface area contributed by atoms with Gasteiger partial charge in [0.25, 0.3) is 0 Å². The van der Waals surface area contributed by atoms with Gasteiger partial charge in [-0.1, -0.05) is 5.04 Å². The first-order valence-corrected chi connectivity index (χ1v) is 2.13. The Bertz CT molecular complexity index is 133. The fourth-order valence-electron chi connectivity index (χ4n) is 0.143. The molecule has 0 amide bonds. The maximum absolute atomic E-state index is 9.55. The van der Waals surface area contributed by atoms with Crippen molar-refractivity contribution in [2.75, 3.05) is 0 Å². The summed E-state index contributed by atoms with van der Waals surface area (Å²) in [5.41, 5.74) is 0. The summed E-state index contributed by atoms with van der Waals surface area (Å²) < 4.78 is 0. The molecule has 0 saturated carbocycles. The zero-order valence-corrected chi connectivity index (χ0v) is 5.17. The molecule has 0 atom stereocenters. The number of hydrogen-bond acceptors (Lipinski definition) is 5. The van der Waals surface area contributed by atoms with Gasteiger partial charge in [-0.2, -0.15) is 0 Å². The molecule has 0 aromatic rings. The second-order valence-corrected chi connectivity index (χ2v) is 1.09. The maximum atomic E-state index is 9.55. The molecule has 64 valence electrons. The summed E-state index contributed by atoms with van der Waals surface area (Å²) in [6.07, 6.45) is 1.12. The lowest BCUT2D eigenvalue weighted by molar-refractivity contribution is -0.465. The Morgan fingerprint density at radius 3 is 1.27 bits per heavy atom.